The van der Waals surface area contributed by atoms with E-state index < -0.39 is 5.41 Å². The minimum atomic E-state index is -0.512. The third-order valence-electron chi connectivity index (χ3n) is 5.71. The van der Waals surface area contributed by atoms with Gasteiger partial charge < -0.3 is 15.6 Å². The average molecular weight is 355 g/mol. The lowest BCUT2D eigenvalue weighted by Crippen LogP contribution is -2.41. The summed E-state index contributed by atoms with van der Waals surface area (Å²) in [5.41, 5.74) is 7.14. The van der Waals surface area contributed by atoms with Crippen molar-refractivity contribution in [3.8, 4) is 11.4 Å². The van der Waals surface area contributed by atoms with Crippen LogP contribution in [0.25, 0.3) is 11.4 Å². The number of carbonyl (C=O) groups is 1. The lowest BCUT2D eigenvalue weighted by Gasteiger charge is -2.28. The first-order chi connectivity index (χ1) is 12.6. The number of benzene rings is 1. The molecular weight excluding hydrogens is 326 g/mol. The molecule has 1 aliphatic rings. The van der Waals surface area contributed by atoms with Crippen LogP contribution in [-0.2, 0) is 17.8 Å². The summed E-state index contributed by atoms with van der Waals surface area (Å²) < 4.78 is 2.22. The molecule has 0 spiro atoms. The number of nitrogens with zero attached hydrogens (tertiary/aromatic N) is 3. The zero-order chi connectivity index (χ0) is 18.6. The van der Waals surface area contributed by atoms with Gasteiger partial charge in [-0.25, -0.2) is 0 Å². The zero-order valence-electron chi connectivity index (χ0n) is 15.8. The van der Waals surface area contributed by atoms with Crippen LogP contribution in [0, 0.1) is 5.41 Å². The minimum absolute atomic E-state index is 0.0118. The largest absolute Gasteiger partial charge is 0.329 e. The van der Waals surface area contributed by atoms with E-state index in [4.69, 9.17) is 5.73 Å². The van der Waals surface area contributed by atoms with Crippen molar-refractivity contribution < 1.29 is 4.79 Å². The number of amides is 1. The molecule has 3 N–H and O–H groups in total. The lowest BCUT2D eigenvalue weighted by molar-refractivity contribution is -0.125. The monoisotopic (exact) mass is 355 g/mol. The number of hydrogen-bond acceptors (Lipinski definition) is 4. The molecule has 26 heavy (non-hydrogen) atoms. The van der Waals surface area contributed by atoms with Crippen molar-refractivity contribution in [3.05, 3.63) is 30.1 Å². The number of nitrogens with two attached hydrogens (primary N) is 1. The van der Waals surface area contributed by atoms with Gasteiger partial charge in [-0.15, -0.1) is 10.2 Å². The molecule has 2 heterocycles. The average Bonchev–Trinajstić information content (AvgIpc) is 2.92. The number of hydrogen-bond donors (Lipinski definition) is 2. The second-order valence-electron chi connectivity index (χ2n) is 7.13. The molecule has 0 fully saturated rings. The Hall–Kier alpha value is -2.21. The summed E-state index contributed by atoms with van der Waals surface area (Å²) in [5, 5.41) is 11.8. The predicted molar refractivity (Wildman–Crippen MR) is 104 cm³/mol. The summed E-state index contributed by atoms with van der Waals surface area (Å²) in [6.07, 6.45) is 5.99. The molecule has 2 aromatic rings. The molecule has 1 aliphatic heterocycles. The molecule has 0 unspecified atom stereocenters. The maximum atomic E-state index is 12.8. The molecule has 1 aromatic heterocycles. The topological polar surface area (TPSA) is 85.8 Å². The highest BCUT2D eigenvalue weighted by Gasteiger charge is 2.33. The zero-order valence-corrected chi connectivity index (χ0v) is 15.8. The lowest BCUT2D eigenvalue weighted by atomic mass is 9.81. The summed E-state index contributed by atoms with van der Waals surface area (Å²) in [6.45, 7) is 5.33. The molecular formula is C20H29N5O. The molecule has 0 saturated carbocycles. The minimum Gasteiger partial charge on any atom is -0.329 e. The fraction of sp³-hybridized carbons (Fsp3) is 0.550. The van der Waals surface area contributed by atoms with Gasteiger partial charge in [0.15, 0.2) is 5.82 Å². The number of aromatic nitrogens is 3. The van der Waals surface area contributed by atoms with E-state index in [0.717, 1.165) is 55.1 Å². The first-order valence-corrected chi connectivity index (χ1v) is 9.67. The van der Waals surface area contributed by atoms with Crippen LogP contribution in [0.2, 0.25) is 0 Å². The summed E-state index contributed by atoms with van der Waals surface area (Å²) in [7, 11) is 0. The maximum absolute atomic E-state index is 12.8. The number of carbonyl (C=O) groups excluding carboxylic acids is 1. The van der Waals surface area contributed by atoms with Gasteiger partial charge in [-0.3, -0.25) is 4.79 Å². The van der Waals surface area contributed by atoms with E-state index in [9.17, 15) is 4.79 Å². The Kier molecular flexibility index (Phi) is 5.71. The van der Waals surface area contributed by atoms with Crippen molar-refractivity contribution in [1.29, 1.82) is 0 Å². The van der Waals surface area contributed by atoms with Crippen molar-refractivity contribution >= 4 is 11.6 Å². The number of nitrogens with one attached hydrogen (secondary N) is 1. The second kappa shape index (κ2) is 7.99. The molecule has 6 heteroatoms. The van der Waals surface area contributed by atoms with Gasteiger partial charge in [0.25, 0.3) is 0 Å². The van der Waals surface area contributed by atoms with Crippen LogP contribution in [0.5, 0.6) is 0 Å². The smallest absolute Gasteiger partial charge is 0.231 e. The van der Waals surface area contributed by atoms with Gasteiger partial charge >= 0.3 is 0 Å². The van der Waals surface area contributed by atoms with Gasteiger partial charge in [-0.1, -0.05) is 32.4 Å². The van der Waals surface area contributed by atoms with Crippen LogP contribution >= 0.6 is 0 Å². The third-order valence-corrected chi connectivity index (χ3v) is 5.71. The normalized spacial score (nSPS) is 14.6. The first kappa shape index (κ1) is 18.6. The highest BCUT2D eigenvalue weighted by Crippen LogP contribution is 2.29. The summed E-state index contributed by atoms with van der Waals surface area (Å²) in [5.74, 6) is 1.93. The molecule has 0 atom stereocenters. The van der Waals surface area contributed by atoms with Gasteiger partial charge in [0.2, 0.25) is 5.91 Å². The molecule has 3 rings (SSSR count). The molecule has 1 aromatic carbocycles. The number of fused-ring (bicyclic) bond motifs is 1. The predicted octanol–water partition coefficient (Wildman–Crippen LogP) is 3.38. The molecule has 0 bridgehead atoms. The van der Waals surface area contributed by atoms with E-state index in [1.54, 1.807) is 0 Å². The number of aryl methyl sites for hydroxylation is 1. The Labute approximate surface area is 155 Å². The molecule has 0 aliphatic carbocycles. The molecule has 140 valence electrons. The molecule has 6 nitrogen and oxygen atoms in total. The molecule has 0 radical (unpaired) electrons. The van der Waals surface area contributed by atoms with Crippen LogP contribution in [0.15, 0.2) is 24.3 Å². The van der Waals surface area contributed by atoms with Crippen molar-refractivity contribution in [2.45, 2.75) is 58.9 Å². The molecule has 1 amide bonds. The summed E-state index contributed by atoms with van der Waals surface area (Å²) in [4.78, 5) is 12.8. The first-order valence-electron chi connectivity index (χ1n) is 9.67. The highest BCUT2D eigenvalue weighted by molar-refractivity contribution is 5.95. The SMILES string of the molecule is CCC(CC)(CN)C(=O)Nc1cccc(-c2nnc3n2CCCCC3)c1. The highest BCUT2D eigenvalue weighted by atomic mass is 16.2. The molecule has 0 saturated heterocycles. The quantitative estimate of drug-likeness (QED) is 0.832. The Morgan fingerprint density at radius 2 is 2.04 bits per heavy atom. The van der Waals surface area contributed by atoms with Crippen molar-refractivity contribution in [2.24, 2.45) is 11.1 Å². The van der Waals surface area contributed by atoms with Crippen molar-refractivity contribution in [1.82, 2.24) is 14.8 Å². The Morgan fingerprint density at radius 1 is 1.23 bits per heavy atom. The van der Waals surface area contributed by atoms with Crippen LogP contribution in [-0.4, -0.2) is 27.2 Å². The van der Waals surface area contributed by atoms with E-state index >= 15 is 0 Å². The van der Waals surface area contributed by atoms with Crippen LogP contribution in [0.1, 0.15) is 51.8 Å². The Bertz CT molecular complexity index is 755. The van der Waals surface area contributed by atoms with E-state index in [0.29, 0.717) is 6.54 Å². The summed E-state index contributed by atoms with van der Waals surface area (Å²) in [6, 6.07) is 7.86. The third kappa shape index (κ3) is 3.51. The number of rotatable bonds is 6. The van der Waals surface area contributed by atoms with Gasteiger partial charge in [-0.05, 0) is 37.8 Å². The van der Waals surface area contributed by atoms with E-state index in [1.165, 1.54) is 12.8 Å². The fourth-order valence-corrected chi connectivity index (χ4v) is 3.65. The van der Waals surface area contributed by atoms with Gasteiger partial charge in [-0.2, -0.15) is 0 Å². The standard InChI is InChI=1S/C20H29N5O/c1-3-20(4-2,14-21)19(26)22-16-10-8-9-15(13-16)18-24-23-17-11-6-5-7-12-25(17)18/h8-10,13H,3-7,11-12,14,21H2,1-2H3,(H,22,26). The van der Waals surface area contributed by atoms with Crippen LogP contribution in [0.4, 0.5) is 5.69 Å². The fourth-order valence-electron chi connectivity index (χ4n) is 3.65. The summed E-state index contributed by atoms with van der Waals surface area (Å²) >= 11 is 0. The van der Waals surface area contributed by atoms with Gasteiger partial charge in [0, 0.05) is 30.8 Å². The Morgan fingerprint density at radius 3 is 2.77 bits per heavy atom. The van der Waals surface area contributed by atoms with Crippen molar-refractivity contribution in [2.75, 3.05) is 11.9 Å². The van der Waals surface area contributed by atoms with Crippen LogP contribution in [0.3, 0.4) is 0 Å². The number of anilines is 1. The second-order valence-corrected chi connectivity index (χ2v) is 7.13. The van der Waals surface area contributed by atoms with E-state index in [1.807, 2.05) is 38.1 Å². The van der Waals surface area contributed by atoms with Crippen LogP contribution < -0.4 is 11.1 Å². The van der Waals surface area contributed by atoms with Crippen molar-refractivity contribution in [3.63, 3.8) is 0 Å². The van der Waals surface area contributed by atoms with E-state index in [-0.39, 0.29) is 5.91 Å². The van der Waals surface area contributed by atoms with Gasteiger partial charge in [0.05, 0.1) is 5.41 Å². The Balaban J connectivity index is 1.86. The maximum Gasteiger partial charge on any atom is 0.231 e. The van der Waals surface area contributed by atoms with Gasteiger partial charge in [0.1, 0.15) is 5.82 Å². The van der Waals surface area contributed by atoms with E-state index in [2.05, 4.69) is 20.1 Å².